The van der Waals surface area contributed by atoms with E-state index in [0.29, 0.717) is 18.6 Å². The smallest absolute Gasteiger partial charge is 0.122 e. The molecule has 0 aromatic heterocycles. The molecule has 1 saturated carbocycles. The Morgan fingerprint density at radius 2 is 1.92 bits per heavy atom. The molecule has 0 saturated heterocycles. The van der Waals surface area contributed by atoms with Gasteiger partial charge in [0.25, 0.3) is 0 Å². The number of aliphatic imine (C=N–C) groups is 1. The molecule has 2 aromatic rings. The zero-order chi connectivity index (χ0) is 18.1. The van der Waals surface area contributed by atoms with Crippen molar-refractivity contribution in [2.45, 2.75) is 51.5 Å². The topological polar surface area (TPSA) is 21.6 Å². The maximum absolute atomic E-state index is 5.90. The summed E-state index contributed by atoms with van der Waals surface area (Å²) in [6, 6.07) is 13.6. The first kappa shape index (κ1) is 17.1. The predicted molar refractivity (Wildman–Crippen MR) is 110 cm³/mol. The Labute approximate surface area is 156 Å². The second kappa shape index (κ2) is 7.11. The van der Waals surface area contributed by atoms with Crippen molar-refractivity contribution in [1.29, 1.82) is 0 Å². The highest BCUT2D eigenvalue weighted by Crippen LogP contribution is 2.43. The third kappa shape index (κ3) is 2.98. The Kier molecular flexibility index (Phi) is 4.67. The fourth-order valence-electron chi connectivity index (χ4n) is 4.40. The monoisotopic (exact) mass is 345 g/mol. The van der Waals surface area contributed by atoms with E-state index in [-0.39, 0.29) is 0 Å². The van der Waals surface area contributed by atoms with Crippen LogP contribution in [0.25, 0.3) is 6.08 Å². The van der Waals surface area contributed by atoms with Crippen LogP contribution in [0.15, 0.2) is 48.0 Å². The summed E-state index contributed by atoms with van der Waals surface area (Å²) in [5, 5.41) is 0. The molecule has 0 bridgehead atoms. The van der Waals surface area contributed by atoms with Crippen LogP contribution in [0.1, 0.15) is 66.3 Å². The van der Waals surface area contributed by atoms with E-state index >= 15 is 0 Å². The summed E-state index contributed by atoms with van der Waals surface area (Å²) in [5.41, 5.74) is 7.40. The third-order valence-corrected chi connectivity index (χ3v) is 5.75. The minimum Gasteiger partial charge on any atom is -0.494 e. The normalized spacial score (nSPS) is 21.4. The highest BCUT2D eigenvalue weighted by Gasteiger charge is 2.34. The minimum absolute atomic E-state index is 0.405. The first-order valence-electron chi connectivity index (χ1n) is 9.79. The maximum Gasteiger partial charge on any atom is 0.122 e. The highest BCUT2D eigenvalue weighted by molar-refractivity contribution is 6.14. The number of aryl methyl sites for hydroxylation is 1. The number of fused-ring (bicyclic) bond motifs is 3. The quantitative estimate of drug-likeness (QED) is 0.674. The van der Waals surface area contributed by atoms with E-state index in [1.54, 1.807) is 0 Å². The first-order chi connectivity index (χ1) is 12.7. The van der Waals surface area contributed by atoms with E-state index in [1.165, 1.54) is 47.9 Å². The zero-order valence-corrected chi connectivity index (χ0v) is 15.8. The van der Waals surface area contributed by atoms with Crippen LogP contribution in [0, 0.1) is 6.92 Å². The predicted octanol–water partition coefficient (Wildman–Crippen LogP) is 5.91. The summed E-state index contributed by atoms with van der Waals surface area (Å²) in [6.45, 7) is 8.75. The van der Waals surface area contributed by atoms with Crippen molar-refractivity contribution in [2.75, 3.05) is 6.61 Å². The lowest BCUT2D eigenvalue weighted by atomic mass is 9.74. The highest BCUT2D eigenvalue weighted by atomic mass is 16.5. The molecule has 4 rings (SSSR count). The van der Waals surface area contributed by atoms with Crippen LogP contribution < -0.4 is 4.74 Å². The molecule has 0 amide bonds. The van der Waals surface area contributed by atoms with Gasteiger partial charge in [-0.2, -0.15) is 0 Å². The molecule has 0 radical (unpaired) electrons. The second-order valence-electron chi connectivity index (χ2n) is 7.40. The summed E-state index contributed by atoms with van der Waals surface area (Å²) < 4.78 is 5.90. The van der Waals surface area contributed by atoms with Gasteiger partial charge in [0.1, 0.15) is 5.75 Å². The third-order valence-electron chi connectivity index (χ3n) is 5.75. The van der Waals surface area contributed by atoms with Crippen molar-refractivity contribution in [3.8, 4) is 5.75 Å². The molecule has 2 unspecified atom stereocenters. The van der Waals surface area contributed by atoms with Gasteiger partial charge in [0.2, 0.25) is 0 Å². The van der Waals surface area contributed by atoms with Crippen LogP contribution in [-0.2, 0) is 0 Å². The molecular weight excluding hydrogens is 318 g/mol. The summed E-state index contributed by atoms with van der Waals surface area (Å²) in [5.74, 6) is 1.56. The molecule has 1 heterocycles. The summed E-state index contributed by atoms with van der Waals surface area (Å²) in [6.07, 6.45) is 6.90. The standard InChI is InChI=1S/C24H27NO/c1-4-17-10-12-18(13-11-17)24-21-14-16(3)23(26-5-2)15-20(21)19-8-6-7-9-22(19)25-24/h4,10-15,19,22H,1,5-9H2,2-3H3. The van der Waals surface area contributed by atoms with E-state index in [2.05, 4.69) is 56.8 Å². The SMILES string of the molecule is C=Cc1ccc(C2=NC3CCCCC3c3cc(OCC)c(C)cc32)cc1. The lowest BCUT2D eigenvalue weighted by molar-refractivity contribution is 0.335. The van der Waals surface area contributed by atoms with Crippen molar-refractivity contribution in [3.63, 3.8) is 0 Å². The molecule has 2 heteroatoms. The average molecular weight is 345 g/mol. The molecule has 1 fully saturated rings. The fraction of sp³-hybridized carbons (Fsp3) is 0.375. The van der Waals surface area contributed by atoms with Gasteiger partial charge in [0, 0.05) is 17.0 Å². The average Bonchev–Trinajstić information content (AvgIpc) is 2.68. The Bertz CT molecular complexity index is 847. The van der Waals surface area contributed by atoms with Crippen LogP contribution in [0.3, 0.4) is 0 Å². The second-order valence-corrected chi connectivity index (χ2v) is 7.40. The lowest BCUT2D eigenvalue weighted by Gasteiger charge is -2.36. The van der Waals surface area contributed by atoms with Gasteiger partial charge in [-0.15, -0.1) is 0 Å². The van der Waals surface area contributed by atoms with Gasteiger partial charge in [-0.3, -0.25) is 4.99 Å². The molecule has 26 heavy (non-hydrogen) atoms. The number of ether oxygens (including phenoxy) is 1. The van der Waals surface area contributed by atoms with E-state index in [9.17, 15) is 0 Å². The van der Waals surface area contributed by atoms with Crippen LogP contribution >= 0.6 is 0 Å². The van der Waals surface area contributed by atoms with Crippen molar-refractivity contribution >= 4 is 11.8 Å². The van der Waals surface area contributed by atoms with Crippen molar-refractivity contribution in [3.05, 3.63) is 70.8 Å². The van der Waals surface area contributed by atoms with Crippen LogP contribution in [0.4, 0.5) is 0 Å². The van der Waals surface area contributed by atoms with Gasteiger partial charge in [-0.05, 0) is 55.5 Å². The molecule has 0 spiro atoms. The van der Waals surface area contributed by atoms with Crippen LogP contribution in [0.2, 0.25) is 0 Å². The number of benzene rings is 2. The number of hydrogen-bond acceptors (Lipinski definition) is 2. The van der Waals surface area contributed by atoms with Crippen molar-refractivity contribution < 1.29 is 4.74 Å². The van der Waals surface area contributed by atoms with E-state index < -0.39 is 0 Å². The van der Waals surface area contributed by atoms with E-state index in [4.69, 9.17) is 9.73 Å². The molecule has 2 aromatic carbocycles. The van der Waals surface area contributed by atoms with Gasteiger partial charge < -0.3 is 4.74 Å². The molecule has 2 nitrogen and oxygen atoms in total. The molecule has 2 atom stereocenters. The fourth-order valence-corrected chi connectivity index (χ4v) is 4.40. The summed E-state index contributed by atoms with van der Waals surface area (Å²) in [7, 11) is 0. The molecule has 0 N–H and O–H groups in total. The van der Waals surface area contributed by atoms with Crippen molar-refractivity contribution in [1.82, 2.24) is 0 Å². The zero-order valence-electron chi connectivity index (χ0n) is 15.8. The van der Waals surface area contributed by atoms with Gasteiger partial charge in [0.05, 0.1) is 18.4 Å². The molecular formula is C24H27NO. The number of hydrogen-bond donors (Lipinski definition) is 0. The molecule has 1 aliphatic heterocycles. The summed E-state index contributed by atoms with van der Waals surface area (Å²) >= 11 is 0. The van der Waals surface area contributed by atoms with Crippen LogP contribution in [-0.4, -0.2) is 18.4 Å². The lowest BCUT2D eigenvalue weighted by Crippen LogP contribution is -2.29. The Morgan fingerprint density at radius 3 is 2.65 bits per heavy atom. The molecule has 2 aliphatic rings. The van der Waals surface area contributed by atoms with Crippen LogP contribution in [0.5, 0.6) is 5.75 Å². The van der Waals surface area contributed by atoms with E-state index in [0.717, 1.165) is 17.0 Å². The molecule has 134 valence electrons. The maximum atomic E-state index is 5.90. The summed E-state index contributed by atoms with van der Waals surface area (Å²) in [4.78, 5) is 5.24. The number of nitrogens with zero attached hydrogens (tertiary/aromatic N) is 1. The Hall–Kier alpha value is -2.35. The van der Waals surface area contributed by atoms with Gasteiger partial charge in [0.15, 0.2) is 0 Å². The van der Waals surface area contributed by atoms with E-state index in [1.807, 2.05) is 6.08 Å². The molecule has 1 aliphatic carbocycles. The van der Waals surface area contributed by atoms with Crippen molar-refractivity contribution in [2.24, 2.45) is 4.99 Å². The largest absolute Gasteiger partial charge is 0.494 e. The first-order valence-corrected chi connectivity index (χ1v) is 9.79. The number of rotatable bonds is 4. The van der Waals surface area contributed by atoms with Gasteiger partial charge >= 0.3 is 0 Å². The Balaban J connectivity index is 1.85. The van der Waals surface area contributed by atoms with Gasteiger partial charge in [-0.25, -0.2) is 0 Å². The minimum atomic E-state index is 0.405. The van der Waals surface area contributed by atoms with Gasteiger partial charge in [-0.1, -0.05) is 49.8 Å². The Morgan fingerprint density at radius 1 is 1.15 bits per heavy atom.